The van der Waals surface area contributed by atoms with Gasteiger partial charge in [0.25, 0.3) is 5.22 Å². The van der Waals surface area contributed by atoms with Gasteiger partial charge < -0.3 is 4.42 Å². The van der Waals surface area contributed by atoms with Crippen LogP contribution in [0, 0.1) is 25.2 Å². The highest BCUT2D eigenvalue weighted by molar-refractivity contribution is 7.99. The summed E-state index contributed by atoms with van der Waals surface area (Å²) in [6.07, 6.45) is 0. The average molecular weight is 231 g/mol. The molecule has 0 saturated carbocycles. The molecular formula is C11H9N3OS. The second-order valence-corrected chi connectivity index (χ2v) is 4.29. The van der Waals surface area contributed by atoms with Crippen LogP contribution in [0.15, 0.2) is 32.7 Å². The van der Waals surface area contributed by atoms with Gasteiger partial charge >= 0.3 is 0 Å². The predicted molar refractivity (Wildman–Crippen MR) is 59.1 cm³/mol. The van der Waals surface area contributed by atoms with E-state index in [1.807, 2.05) is 19.1 Å². The van der Waals surface area contributed by atoms with E-state index in [1.54, 1.807) is 13.0 Å². The van der Waals surface area contributed by atoms with E-state index in [-0.39, 0.29) is 0 Å². The summed E-state index contributed by atoms with van der Waals surface area (Å²) < 4.78 is 5.26. The van der Waals surface area contributed by atoms with Crippen LogP contribution in [0.2, 0.25) is 0 Å². The second-order valence-electron chi connectivity index (χ2n) is 3.30. The number of nitriles is 1. The van der Waals surface area contributed by atoms with Gasteiger partial charge in [-0.2, -0.15) is 5.26 Å². The fraction of sp³-hybridized carbons (Fsp3) is 0.182. The lowest BCUT2D eigenvalue weighted by atomic mass is 10.2. The zero-order valence-electron chi connectivity index (χ0n) is 8.89. The number of aromatic nitrogens is 2. The Kier molecular flexibility index (Phi) is 2.93. The lowest BCUT2D eigenvalue weighted by Crippen LogP contribution is -1.83. The number of aryl methyl sites for hydroxylation is 2. The Morgan fingerprint density at radius 1 is 1.31 bits per heavy atom. The molecule has 0 unspecified atom stereocenters. The van der Waals surface area contributed by atoms with Crippen molar-refractivity contribution in [2.75, 3.05) is 0 Å². The maximum absolute atomic E-state index is 8.96. The highest BCUT2D eigenvalue weighted by Crippen LogP contribution is 2.29. The van der Waals surface area contributed by atoms with E-state index in [4.69, 9.17) is 9.68 Å². The number of hydrogen-bond acceptors (Lipinski definition) is 5. The maximum atomic E-state index is 8.96. The Morgan fingerprint density at radius 2 is 2.12 bits per heavy atom. The third-order valence-corrected chi connectivity index (χ3v) is 2.86. The minimum atomic E-state index is 0.458. The largest absolute Gasteiger partial charge is 0.416 e. The van der Waals surface area contributed by atoms with Crippen LogP contribution < -0.4 is 0 Å². The van der Waals surface area contributed by atoms with Gasteiger partial charge in [-0.1, -0.05) is 6.07 Å². The summed E-state index contributed by atoms with van der Waals surface area (Å²) in [6.45, 7) is 3.71. The molecule has 1 heterocycles. The standard InChI is InChI=1S/C11H9N3OS/c1-7-3-4-9(6-12)10(5-7)16-11-14-13-8(2)15-11/h3-5H,1-2H3. The fourth-order valence-corrected chi connectivity index (χ4v) is 2.12. The highest BCUT2D eigenvalue weighted by Gasteiger charge is 2.09. The Balaban J connectivity index is 2.34. The van der Waals surface area contributed by atoms with Crippen molar-refractivity contribution in [3.8, 4) is 6.07 Å². The van der Waals surface area contributed by atoms with Gasteiger partial charge in [0.15, 0.2) is 0 Å². The molecular weight excluding hydrogens is 222 g/mol. The number of nitrogens with zero attached hydrogens (tertiary/aromatic N) is 3. The normalized spacial score (nSPS) is 10.1. The van der Waals surface area contributed by atoms with Crippen LogP contribution in [0.5, 0.6) is 0 Å². The molecule has 2 rings (SSSR count). The van der Waals surface area contributed by atoms with Crippen LogP contribution in [0.1, 0.15) is 17.0 Å². The molecule has 0 amide bonds. The summed E-state index contributed by atoms with van der Waals surface area (Å²) in [7, 11) is 0. The number of benzene rings is 1. The summed E-state index contributed by atoms with van der Waals surface area (Å²) in [5.74, 6) is 0.522. The first kappa shape index (κ1) is 10.7. The molecule has 4 nitrogen and oxygen atoms in total. The van der Waals surface area contributed by atoms with Crippen molar-refractivity contribution in [3.63, 3.8) is 0 Å². The third kappa shape index (κ3) is 2.23. The van der Waals surface area contributed by atoms with E-state index in [2.05, 4.69) is 16.3 Å². The lowest BCUT2D eigenvalue weighted by Gasteiger charge is -2.01. The van der Waals surface area contributed by atoms with Gasteiger partial charge in [-0.15, -0.1) is 10.2 Å². The van der Waals surface area contributed by atoms with Gasteiger partial charge in [0, 0.05) is 11.8 Å². The molecule has 5 heteroatoms. The van der Waals surface area contributed by atoms with Gasteiger partial charge in [-0.3, -0.25) is 0 Å². The topological polar surface area (TPSA) is 62.7 Å². The first-order valence-electron chi connectivity index (χ1n) is 4.68. The lowest BCUT2D eigenvalue weighted by molar-refractivity contribution is 0.429. The quantitative estimate of drug-likeness (QED) is 0.795. The van der Waals surface area contributed by atoms with E-state index >= 15 is 0 Å². The molecule has 0 aliphatic carbocycles. The molecule has 0 N–H and O–H groups in total. The highest BCUT2D eigenvalue weighted by atomic mass is 32.2. The molecule has 0 aliphatic heterocycles. The monoisotopic (exact) mass is 231 g/mol. The molecule has 1 aromatic heterocycles. The molecule has 0 spiro atoms. The summed E-state index contributed by atoms with van der Waals surface area (Å²) in [5.41, 5.74) is 1.71. The molecule has 0 bridgehead atoms. The van der Waals surface area contributed by atoms with Crippen molar-refractivity contribution in [2.24, 2.45) is 0 Å². The SMILES string of the molecule is Cc1ccc(C#N)c(Sc2nnc(C)o2)c1. The van der Waals surface area contributed by atoms with E-state index in [9.17, 15) is 0 Å². The van der Waals surface area contributed by atoms with Crippen molar-refractivity contribution >= 4 is 11.8 Å². The van der Waals surface area contributed by atoms with Crippen molar-refractivity contribution < 1.29 is 4.42 Å². The van der Waals surface area contributed by atoms with Gasteiger partial charge in [-0.05, 0) is 36.4 Å². The van der Waals surface area contributed by atoms with Crippen molar-refractivity contribution in [3.05, 3.63) is 35.2 Å². The molecule has 16 heavy (non-hydrogen) atoms. The summed E-state index contributed by atoms with van der Waals surface area (Å²) >= 11 is 1.31. The molecule has 0 aliphatic rings. The van der Waals surface area contributed by atoms with Crippen LogP contribution in [0.25, 0.3) is 0 Å². The third-order valence-electron chi connectivity index (χ3n) is 1.96. The first-order chi connectivity index (χ1) is 7.69. The Labute approximate surface area is 97.3 Å². The van der Waals surface area contributed by atoms with Crippen LogP contribution in [0.4, 0.5) is 0 Å². The fourth-order valence-electron chi connectivity index (χ4n) is 1.22. The van der Waals surface area contributed by atoms with Crippen LogP contribution >= 0.6 is 11.8 Å². The first-order valence-corrected chi connectivity index (χ1v) is 5.49. The molecule has 2 aromatic rings. The molecule has 0 atom stereocenters. The van der Waals surface area contributed by atoms with Gasteiger partial charge in [0.2, 0.25) is 5.89 Å². The van der Waals surface area contributed by atoms with Gasteiger partial charge in [-0.25, -0.2) is 0 Å². The molecule has 80 valence electrons. The Morgan fingerprint density at radius 3 is 2.75 bits per heavy atom. The van der Waals surface area contributed by atoms with Crippen molar-refractivity contribution in [2.45, 2.75) is 24.0 Å². The minimum absolute atomic E-state index is 0.458. The van der Waals surface area contributed by atoms with Crippen LogP contribution in [0.3, 0.4) is 0 Å². The van der Waals surface area contributed by atoms with E-state index in [1.165, 1.54) is 11.8 Å². The van der Waals surface area contributed by atoms with Crippen molar-refractivity contribution in [1.82, 2.24) is 10.2 Å². The molecule has 0 fully saturated rings. The van der Waals surface area contributed by atoms with Gasteiger partial charge in [0.1, 0.15) is 6.07 Å². The van der Waals surface area contributed by atoms with Crippen molar-refractivity contribution in [1.29, 1.82) is 5.26 Å². The minimum Gasteiger partial charge on any atom is -0.416 e. The average Bonchev–Trinajstić information content (AvgIpc) is 2.64. The van der Waals surface area contributed by atoms with Gasteiger partial charge in [0.05, 0.1) is 5.56 Å². The van der Waals surface area contributed by atoms with E-state index in [0.717, 1.165) is 10.5 Å². The maximum Gasteiger partial charge on any atom is 0.281 e. The molecule has 0 radical (unpaired) electrons. The Bertz CT molecular complexity index is 557. The smallest absolute Gasteiger partial charge is 0.281 e. The van der Waals surface area contributed by atoms with E-state index in [0.29, 0.717) is 16.7 Å². The Hall–Kier alpha value is -1.80. The second kappa shape index (κ2) is 4.37. The molecule has 0 saturated heterocycles. The summed E-state index contributed by atoms with van der Waals surface area (Å²) in [4.78, 5) is 0.839. The van der Waals surface area contributed by atoms with Crippen LogP contribution in [-0.4, -0.2) is 10.2 Å². The number of rotatable bonds is 2. The van der Waals surface area contributed by atoms with E-state index < -0.39 is 0 Å². The zero-order valence-corrected chi connectivity index (χ0v) is 9.71. The number of hydrogen-bond donors (Lipinski definition) is 0. The molecule has 1 aromatic carbocycles. The predicted octanol–water partition coefficient (Wildman–Crippen LogP) is 2.71. The van der Waals surface area contributed by atoms with Crippen LogP contribution in [-0.2, 0) is 0 Å². The zero-order chi connectivity index (χ0) is 11.5. The summed E-state index contributed by atoms with van der Waals surface area (Å²) in [6, 6.07) is 7.77. The summed E-state index contributed by atoms with van der Waals surface area (Å²) in [5, 5.41) is 17.0.